The molecule has 1 saturated carbocycles. The molecule has 0 atom stereocenters. The van der Waals surface area contributed by atoms with Gasteiger partial charge in [0.05, 0.1) is 14.2 Å². The van der Waals surface area contributed by atoms with Gasteiger partial charge in [0.1, 0.15) is 5.75 Å². The molecule has 0 N–H and O–H groups in total. The quantitative estimate of drug-likeness (QED) is 0.699. The van der Waals surface area contributed by atoms with E-state index in [1.54, 1.807) is 7.11 Å². The Morgan fingerprint density at radius 3 is 2.59 bits per heavy atom. The van der Waals surface area contributed by atoms with E-state index in [0.717, 1.165) is 29.2 Å². The Labute approximate surface area is 137 Å². The lowest BCUT2D eigenvalue weighted by molar-refractivity contribution is -0.140. The lowest BCUT2D eigenvalue weighted by Crippen LogP contribution is -2.07. The molecule has 122 valence electrons. The summed E-state index contributed by atoms with van der Waals surface area (Å²) >= 11 is 6.51. The molecule has 0 amide bonds. The van der Waals surface area contributed by atoms with Crippen LogP contribution in [-0.2, 0) is 16.0 Å². The summed E-state index contributed by atoms with van der Waals surface area (Å²) in [6.45, 7) is 0. The van der Waals surface area contributed by atoms with Crippen molar-refractivity contribution in [1.29, 1.82) is 0 Å². The van der Waals surface area contributed by atoms with Crippen LogP contribution in [-0.4, -0.2) is 20.2 Å². The number of carbonyl (C=O) groups is 1. The Balaban J connectivity index is 2.10. The van der Waals surface area contributed by atoms with E-state index in [9.17, 15) is 4.79 Å². The average molecular weight is 325 g/mol. The van der Waals surface area contributed by atoms with Crippen molar-refractivity contribution in [3.05, 3.63) is 28.3 Å². The van der Waals surface area contributed by atoms with Gasteiger partial charge in [0.15, 0.2) is 0 Å². The highest BCUT2D eigenvalue weighted by Gasteiger charge is 2.20. The molecule has 4 heteroatoms. The molecule has 1 aliphatic carbocycles. The van der Waals surface area contributed by atoms with Gasteiger partial charge in [-0.2, -0.15) is 0 Å². The summed E-state index contributed by atoms with van der Waals surface area (Å²) in [5.74, 6) is 1.26. The third-order valence-electron chi connectivity index (χ3n) is 4.50. The number of aryl methyl sites for hydroxylation is 1. The van der Waals surface area contributed by atoms with Gasteiger partial charge in [-0.1, -0.05) is 30.9 Å². The maximum absolute atomic E-state index is 11.2. The number of benzene rings is 1. The van der Waals surface area contributed by atoms with E-state index in [1.807, 2.05) is 6.07 Å². The number of methoxy groups -OCH3 is 2. The fraction of sp³-hybridized carbons (Fsp3) is 0.611. The maximum atomic E-state index is 11.2. The van der Waals surface area contributed by atoms with Crippen LogP contribution in [0.25, 0.3) is 0 Å². The Bertz CT molecular complexity index is 507. The minimum absolute atomic E-state index is 0.177. The SMILES string of the molecule is COC(=O)CCCc1cc(Cl)c(C2CCCCC2)cc1OC. The molecule has 22 heavy (non-hydrogen) atoms. The highest BCUT2D eigenvalue weighted by molar-refractivity contribution is 6.31. The fourth-order valence-corrected chi connectivity index (χ4v) is 3.59. The normalized spacial score (nSPS) is 15.6. The fourth-order valence-electron chi connectivity index (χ4n) is 3.25. The topological polar surface area (TPSA) is 35.5 Å². The van der Waals surface area contributed by atoms with E-state index in [4.69, 9.17) is 16.3 Å². The van der Waals surface area contributed by atoms with Crippen molar-refractivity contribution in [2.75, 3.05) is 14.2 Å². The second-order valence-corrected chi connectivity index (χ2v) is 6.36. The molecule has 0 spiro atoms. The van der Waals surface area contributed by atoms with Crippen LogP contribution in [0.5, 0.6) is 5.75 Å². The molecule has 1 fully saturated rings. The Morgan fingerprint density at radius 2 is 1.95 bits per heavy atom. The van der Waals surface area contributed by atoms with Gasteiger partial charge in [0.25, 0.3) is 0 Å². The van der Waals surface area contributed by atoms with Crippen LogP contribution in [0.15, 0.2) is 12.1 Å². The number of esters is 1. The molecule has 0 radical (unpaired) electrons. The van der Waals surface area contributed by atoms with E-state index in [2.05, 4.69) is 10.8 Å². The third kappa shape index (κ3) is 4.39. The van der Waals surface area contributed by atoms with E-state index >= 15 is 0 Å². The minimum atomic E-state index is -0.177. The largest absolute Gasteiger partial charge is 0.496 e. The standard InChI is InChI=1S/C18H25ClO3/c1-21-17-12-15(13-7-4-3-5-8-13)16(19)11-14(17)9-6-10-18(20)22-2/h11-13H,3-10H2,1-2H3. The maximum Gasteiger partial charge on any atom is 0.305 e. The molecule has 0 saturated heterocycles. The molecule has 2 rings (SSSR count). The third-order valence-corrected chi connectivity index (χ3v) is 4.83. The predicted octanol–water partition coefficient (Wildman–Crippen LogP) is 4.89. The van der Waals surface area contributed by atoms with Crippen LogP contribution in [0.3, 0.4) is 0 Å². The first-order valence-corrected chi connectivity index (χ1v) is 8.46. The van der Waals surface area contributed by atoms with Gasteiger partial charge in [-0.15, -0.1) is 0 Å². The lowest BCUT2D eigenvalue weighted by Gasteiger charge is -2.24. The number of halogens is 1. The van der Waals surface area contributed by atoms with Gasteiger partial charge >= 0.3 is 5.97 Å². The molecule has 0 unspecified atom stereocenters. The summed E-state index contributed by atoms with van der Waals surface area (Å²) in [6, 6.07) is 4.12. The molecular weight excluding hydrogens is 300 g/mol. The van der Waals surface area contributed by atoms with Crippen LogP contribution >= 0.6 is 11.6 Å². The monoisotopic (exact) mass is 324 g/mol. The van der Waals surface area contributed by atoms with Crippen molar-refractivity contribution in [1.82, 2.24) is 0 Å². The molecular formula is C18H25ClO3. The summed E-state index contributed by atoms with van der Waals surface area (Å²) in [5.41, 5.74) is 2.28. The summed E-state index contributed by atoms with van der Waals surface area (Å²) in [5, 5.41) is 0.834. The van der Waals surface area contributed by atoms with E-state index < -0.39 is 0 Å². The molecule has 1 aromatic rings. The van der Waals surface area contributed by atoms with Gasteiger partial charge in [0.2, 0.25) is 0 Å². The number of hydrogen-bond donors (Lipinski definition) is 0. The number of ether oxygens (including phenoxy) is 2. The second kappa shape index (κ2) is 8.42. The Hall–Kier alpha value is -1.22. The van der Waals surface area contributed by atoms with Gasteiger partial charge in [-0.25, -0.2) is 0 Å². The predicted molar refractivity (Wildman–Crippen MR) is 88.8 cm³/mol. The zero-order valence-electron chi connectivity index (χ0n) is 13.5. The Kier molecular flexibility index (Phi) is 6.56. The van der Waals surface area contributed by atoms with Crippen LogP contribution in [0.1, 0.15) is 62.0 Å². The van der Waals surface area contributed by atoms with Crippen molar-refractivity contribution in [3.8, 4) is 5.75 Å². The van der Waals surface area contributed by atoms with Gasteiger partial charge in [0, 0.05) is 11.4 Å². The summed E-state index contributed by atoms with van der Waals surface area (Å²) in [7, 11) is 3.11. The first kappa shape index (κ1) is 17.1. The van der Waals surface area contributed by atoms with E-state index in [1.165, 1.54) is 44.8 Å². The van der Waals surface area contributed by atoms with Crippen LogP contribution < -0.4 is 4.74 Å². The highest BCUT2D eigenvalue weighted by Crippen LogP contribution is 2.39. The smallest absolute Gasteiger partial charge is 0.305 e. The zero-order valence-corrected chi connectivity index (χ0v) is 14.2. The molecule has 3 nitrogen and oxygen atoms in total. The molecule has 0 aromatic heterocycles. The average Bonchev–Trinajstić information content (AvgIpc) is 2.55. The minimum Gasteiger partial charge on any atom is -0.496 e. The van der Waals surface area contributed by atoms with Crippen LogP contribution in [0.2, 0.25) is 5.02 Å². The summed E-state index contributed by atoms with van der Waals surface area (Å²) in [6.07, 6.45) is 8.24. The van der Waals surface area contributed by atoms with Crippen molar-refractivity contribution < 1.29 is 14.3 Å². The number of rotatable bonds is 6. The van der Waals surface area contributed by atoms with Gasteiger partial charge in [-0.05, 0) is 54.9 Å². The van der Waals surface area contributed by atoms with Crippen molar-refractivity contribution in [3.63, 3.8) is 0 Å². The first-order valence-electron chi connectivity index (χ1n) is 8.08. The van der Waals surface area contributed by atoms with Crippen LogP contribution in [0, 0.1) is 0 Å². The molecule has 0 aliphatic heterocycles. The molecule has 1 aromatic carbocycles. The van der Waals surface area contributed by atoms with Gasteiger partial charge in [-0.3, -0.25) is 4.79 Å². The van der Waals surface area contributed by atoms with Crippen molar-refractivity contribution in [2.24, 2.45) is 0 Å². The summed E-state index contributed by atoms with van der Waals surface area (Å²) < 4.78 is 10.2. The van der Waals surface area contributed by atoms with Crippen molar-refractivity contribution >= 4 is 17.6 Å². The second-order valence-electron chi connectivity index (χ2n) is 5.95. The number of carbonyl (C=O) groups excluding carboxylic acids is 1. The Morgan fingerprint density at radius 1 is 1.23 bits per heavy atom. The van der Waals surface area contributed by atoms with Crippen molar-refractivity contribution in [2.45, 2.75) is 57.3 Å². The molecule has 1 aliphatic rings. The first-order chi connectivity index (χ1) is 10.7. The molecule has 0 heterocycles. The van der Waals surface area contributed by atoms with Gasteiger partial charge < -0.3 is 9.47 Å². The summed E-state index contributed by atoms with van der Waals surface area (Å²) in [4.78, 5) is 11.2. The molecule has 0 bridgehead atoms. The number of hydrogen-bond acceptors (Lipinski definition) is 3. The van der Waals surface area contributed by atoms with Crippen LogP contribution in [0.4, 0.5) is 0 Å². The lowest BCUT2D eigenvalue weighted by atomic mass is 9.83. The van der Waals surface area contributed by atoms with E-state index in [-0.39, 0.29) is 5.97 Å². The highest BCUT2D eigenvalue weighted by atomic mass is 35.5. The van der Waals surface area contributed by atoms with E-state index in [0.29, 0.717) is 12.3 Å². The zero-order chi connectivity index (χ0) is 15.9.